The van der Waals surface area contributed by atoms with Gasteiger partial charge >= 0.3 is 0 Å². The molecule has 5 aromatic rings. The third-order valence-electron chi connectivity index (χ3n) is 4.99. The molecule has 0 atom stereocenters. The van der Waals surface area contributed by atoms with Crippen molar-refractivity contribution in [1.29, 1.82) is 0 Å². The highest BCUT2D eigenvalue weighted by Gasteiger charge is 2.20. The van der Waals surface area contributed by atoms with Crippen molar-refractivity contribution in [3.05, 3.63) is 103 Å². The van der Waals surface area contributed by atoms with Gasteiger partial charge in [0.15, 0.2) is 11.2 Å². The van der Waals surface area contributed by atoms with E-state index in [0.717, 1.165) is 15.6 Å². The Kier molecular flexibility index (Phi) is 4.37. The van der Waals surface area contributed by atoms with Crippen molar-refractivity contribution in [3.63, 3.8) is 0 Å². The van der Waals surface area contributed by atoms with Crippen molar-refractivity contribution < 1.29 is 4.42 Å². The average molecular weight is 459 g/mol. The number of para-hydroxylation sites is 1. The lowest BCUT2D eigenvalue weighted by Crippen LogP contribution is -2.26. The SMILES string of the molecule is Cc1ccc(-n2c(-c3cccc(Br)c3)nc3oc4ccccc4c(=O)c3c2=O)cc1. The third-order valence-corrected chi connectivity index (χ3v) is 5.48. The third kappa shape index (κ3) is 2.97. The summed E-state index contributed by atoms with van der Waals surface area (Å²) in [5.41, 5.74) is 2.00. The highest BCUT2D eigenvalue weighted by atomic mass is 79.9. The maximum Gasteiger partial charge on any atom is 0.273 e. The second kappa shape index (κ2) is 7.07. The summed E-state index contributed by atoms with van der Waals surface area (Å²) in [5.74, 6) is 0.399. The van der Waals surface area contributed by atoms with Crippen molar-refractivity contribution in [2.24, 2.45) is 0 Å². The quantitative estimate of drug-likeness (QED) is 0.339. The summed E-state index contributed by atoms with van der Waals surface area (Å²) >= 11 is 3.47. The summed E-state index contributed by atoms with van der Waals surface area (Å²) in [6.07, 6.45) is 0. The molecule has 0 saturated heterocycles. The molecule has 3 aromatic carbocycles. The molecule has 0 spiro atoms. The van der Waals surface area contributed by atoms with Crippen LogP contribution in [0.4, 0.5) is 0 Å². The molecule has 5 rings (SSSR count). The van der Waals surface area contributed by atoms with Crippen LogP contribution in [-0.4, -0.2) is 9.55 Å². The van der Waals surface area contributed by atoms with Crippen LogP contribution in [0.2, 0.25) is 0 Å². The summed E-state index contributed by atoms with van der Waals surface area (Å²) < 4.78 is 8.19. The van der Waals surface area contributed by atoms with Crippen LogP contribution >= 0.6 is 15.9 Å². The Bertz CT molecular complexity index is 1550. The Morgan fingerprint density at radius 2 is 1.70 bits per heavy atom. The summed E-state index contributed by atoms with van der Waals surface area (Å²) in [4.78, 5) is 31.4. The van der Waals surface area contributed by atoms with Gasteiger partial charge in [0.25, 0.3) is 5.56 Å². The van der Waals surface area contributed by atoms with E-state index in [1.54, 1.807) is 24.3 Å². The summed E-state index contributed by atoms with van der Waals surface area (Å²) in [5, 5.41) is 0.294. The number of benzene rings is 3. The zero-order valence-corrected chi connectivity index (χ0v) is 17.5. The lowest BCUT2D eigenvalue weighted by molar-refractivity contribution is 0.641. The van der Waals surface area contributed by atoms with Gasteiger partial charge in [-0.25, -0.2) is 0 Å². The Morgan fingerprint density at radius 1 is 0.933 bits per heavy atom. The van der Waals surface area contributed by atoms with Gasteiger partial charge in [0, 0.05) is 10.0 Å². The van der Waals surface area contributed by atoms with Crippen molar-refractivity contribution in [3.8, 4) is 17.1 Å². The number of halogens is 1. The Hall–Kier alpha value is -3.51. The lowest BCUT2D eigenvalue weighted by Gasteiger charge is -2.14. The van der Waals surface area contributed by atoms with E-state index < -0.39 is 5.56 Å². The molecular formula is C24H15BrN2O3. The minimum atomic E-state index is -0.460. The fourth-order valence-electron chi connectivity index (χ4n) is 3.51. The predicted octanol–water partition coefficient (Wildman–Crippen LogP) is 5.23. The molecule has 2 aromatic heterocycles. The van der Waals surface area contributed by atoms with Gasteiger partial charge in [0.1, 0.15) is 5.58 Å². The van der Waals surface area contributed by atoms with E-state index in [4.69, 9.17) is 4.42 Å². The van der Waals surface area contributed by atoms with Gasteiger partial charge in [-0.05, 0) is 43.3 Å². The number of hydrogen-bond donors (Lipinski definition) is 0. The van der Waals surface area contributed by atoms with Crippen molar-refractivity contribution in [1.82, 2.24) is 9.55 Å². The van der Waals surface area contributed by atoms with Crippen LogP contribution in [-0.2, 0) is 0 Å². The molecule has 0 saturated carbocycles. The molecule has 0 aliphatic heterocycles. The first-order chi connectivity index (χ1) is 14.5. The van der Waals surface area contributed by atoms with Crippen LogP contribution in [0.3, 0.4) is 0 Å². The standard InChI is InChI=1S/C24H15BrN2O3/c1-14-9-11-17(12-10-14)27-22(15-5-4-6-16(25)13-15)26-23-20(24(27)29)21(28)18-7-2-3-8-19(18)30-23/h2-13H,1H3. The number of hydrogen-bond acceptors (Lipinski definition) is 4. The fourth-order valence-corrected chi connectivity index (χ4v) is 3.91. The number of rotatable bonds is 2. The topological polar surface area (TPSA) is 65.1 Å². The van der Waals surface area contributed by atoms with Gasteiger partial charge in [-0.2, -0.15) is 4.98 Å². The van der Waals surface area contributed by atoms with E-state index in [0.29, 0.717) is 22.5 Å². The van der Waals surface area contributed by atoms with E-state index in [-0.39, 0.29) is 16.5 Å². The normalized spacial score (nSPS) is 11.3. The maximum absolute atomic E-state index is 13.6. The van der Waals surface area contributed by atoms with Crippen molar-refractivity contribution in [2.45, 2.75) is 6.92 Å². The van der Waals surface area contributed by atoms with Crippen LogP contribution < -0.4 is 11.0 Å². The van der Waals surface area contributed by atoms with Crippen molar-refractivity contribution in [2.75, 3.05) is 0 Å². The van der Waals surface area contributed by atoms with E-state index in [2.05, 4.69) is 20.9 Å². The summed E-state index contributed by atoms with van der Waals surface area (Å²) in [7, 11) is 0. The minimum Gasteiger partial charge on any atom is -0.437 e. The second-order valence-corrected chi connectivity index (χ2v) is 7.95. The van der Waals surface area contributed by atoms with Gasteiger partial charge < -0.3 is 4.42 Å². The molecule has 2 heterocycles. The second-order valence-electron chi connectivity index (χ2n) is 7.03. The van der Waals surface area contributed by atoms with Gasteiger partial charge in [-0.15, -0.1) is 0 Å². The largest absolute Gasteiger partial charge is 0.437 e. The predicted molar refractivity (Wildman–Crippen MR) is 121 cm³/mol. The highest BCUT2D eigenvalue weighted by Crippen LogP contribution is 2.25. The molecule has 6 heteroatoms. The first-order valence-corrected chi connectivity index (χ1v) is 10.1. The molecule has 0 bridgehead atoms. The van der Waals surface area contributed by atoms with Gasteiger partial charge in [-0.1, -0.05) is 57.9 Å². The summed E-state index contributed by atoms with van der Waals surface area (Å²) in [6, 6.07) is 21.9. The molecule has 0 aliphatic rings. The number of aromatic nitrogens is 2. The van der Waals surface area contributed by atoms with Crippen LogP contribution in [0.5, 0.6) is 0 Å². The minimum absolute atomic E-state index is 0.0297. The van der Waals surface area contributed by atoms with Crippen LogP contribution in [0.1, 0.15) is 5.56 Å². The highest BCUT2D eigenvalue weighted by molar-refractivity contribution is 9.10. The van der Waals surface area contributed by atoms with E-state index in [9.17, 15) is 9.59 Å². The first-order valence-electron chi connectivity index (χ1n) is 9.34. The Morgan fingerprint density at radius 3 is 2.47 bits per heavy atom. The number of fused-ring (bicyclic) bond motifs is 2. The Labute approximate surface area is 179 Å². The van der Waals surface area contributed by atoms with Gasteiger partial charge in [0.05, 0.1) is 11.1 Å². The van der Waals surface area contributed by atoms with E-state index in [1.807, 2.05) is 55.5 Å². The average Bonchev–Trinajstić information content (AvgIpc) is 2.74. The van der Waals surface area contributed by atoms with Gasteiger partial charge in [-0.3, -0.25) is 14.2 Å². The zero-order chi connectivity index (χ0) is 20.8. The molecule has 0 aliphatic carbocycles. The van der Waals surface area contributed by atoms with Crippen LogP contribution in [0.25, 0.3) is 39.1 Å². The number of aryl methyl sites for hydroxylation is 1. The fraction of sp³-hybridized carbons (Fsp3) is 0.0417. The molecule has 5 nitrogen and oxygen atoms in total. The van der Waals surface area contributed by atoms with Crippen LogP contribution in [0, 0.1) is 6.92 Å². The first kappa shape index (κ1) is 18.5. The summed E-state index contributed by atoms with van der Waals surface area (Å²) in [6.45, 7) is 1.97. The smallest absolute Gasteiger partial charge is 0.273 e. The number of nitrogens with zero attached hydrogens (tertiary/aromatic N) is 2. The maximum atomic E-state index is 13.6. The van der Waals surface area contributed by atoms with Gasteiger partial charge in [0.2, 0.25) is 11.1 Å². The molecule has 0 unspecified atom stereocenters. The Balaban J connectivity index is 1.97. The van der Waals surface area contributed by atoms with Crippen LogP contribution in [0.15, 0.2) is 91.3 Å². The molecular weight excluding hydrogens is 444 g/mol. The van der Waals surface area contributed by atoms with E-state index >= 15 is 0 Å². The molecule has 146 valence electrons. The lowest BCUT2D eigenvalue weighted by atomic mass is 10.1. The molecule has 0 N–H and O–H groups in total. The molecule has 0 fully saturated rings. The molecule has 30 heavy (non-hydrogen) atoms. The molecule has 0 amide bonds. The van der Waals surface area contributed by atoms with E-state index in [1.165, 1.54) is 4.57 Å². The zero-order valence-electron chi connectivity index (χ0n) is 15.9. The van der Waals surface area contributed by atoms with Crippen molar-refractivity contribution >= 4 is 38.0 Å². The molecule has 0 radical (unpaired) electrons. The monoisotopic (exact) mass is 458 g/mol.